The first-order valence-electron chi connectivity index (χ1n) is 10.3. The molecular weight excluding hydrogens is 352 g/mol. The van der Waals surface area contributed by atoms with E-state index in [0.717, 1.165) is 11.5 Å². The molecule has 0 heterocycles. The third kappa shape index (κ3) is 7.63. The van der Waals surface area contributed by atoms with Crippen LogP contribution < -0.4 is 9.47 Å². The highest BCUT2D eigenvalue weighted by Gasteiger charge is 2.27. The first kappa shape index (κ1) is 24.8. The number of ether oxygens (including phenoxy) is 4. The fourth-order valence-corrected chi connectivity index (χ4v) is 3.10. The predicted octanol–water partition coefficient (Wildman–Crippen LogP) is 5.60. The SMILES string of the molecule is COCC(C)COc1cc(C(C)(C)C)c(OCC(C)COC)cc1C(C)(C)C. The first-order chi connectivity index (χ1) is 12.9. The molecule has 0 aliphatic rings. The van der Waals surface area contributed by atoms with Crippen LogP contribution in [-0.4, -0.2) is 40.6 Å². The molecule has 2 unspecified atom stereocenters. The van der Waals surface area contributed by atoms with Crippen molar-refractivity contribution in [2.24, 2.45) is 11.8 Å². The van der Waals surface area contributed by atoms with Gasteiger partial charge in [0.25, 0.3) is 0 Å². The molecular formula is C24H42O4. The molecule has 0 bridgehead atoms. The molecule has 0 aromatic heterocycles. The summed E-state index contributed by atoms with van der Waals surface area (Å²) in [4.78, 5) is 0. The highest BCUT2D eigenvalue weighted by atomic mass is 16.5. The summed E-state index contributed by atoms with van der Waals surface area (Å²) in [6.45, 7) is 20.2. The maximum absolute atomic E-state index is 6.28. The van der Waals surface area contributed by atoms with Crippen LogP contribution in [0.25, 0.3) is 0 Å². The van der Waals surface area contributed by atoms with E-state index in [4.69, 9.17) is 18.9 Å². The van der Waals surface area contributed by atoms with E-state index < -0.39 is 0 Å². The molecule has 0 radical (unpaired) electrons. The Bertz CT molecular complexity index is 542. The second-order valence-electron chi connectivity index (χ2n) is 10.1. The molecule has 0 saturated carbocycles. The number of hydrogen-bond acceptors (Lipinski definition) is 4. The van der Waals surface area contributed by atoms with Gasteiger partial charge < -0.3 is 18.9 Å². The smallest absolute Gasteiger partial charge is 0.123 e. The minimum Gasteiger partial charge on any atom is -0.493 e. The molecule has 0 aliphatic carbocycles. The Kier molecular flexibility index (Phi) is 9.29. The van der Waals surface area contributed by atoms with Crippen LogP contribution >= 0.6 is 0 Å². The van der Waals surface area contributed by atoms with Crippen LogP contribution in [0, 0.1) is 11.8 Å². The van der Waals surface area contributed by atoms with Gasteiger partial charge in [0.15, 0.2) is 0 Å². The zero-order valence-corrected chi connectivity index (χ0v) is 19.8. The standard InChI is InChI=1S/C24H42O4/c1-17(13-25-9)15-27-21-11-20(24(6,7)8)22(12-19(21)23(3,4)5)28-16-18(2)14-26-10/h11-12,17-18H,13-16H2,1-10H3. The molecule has 4 nitrogen and oxygen atoms in total. The van der Waals surface area contributed by atoms with Crippen molar-refractivity contribution in [2.75, 3.05) is 40.6 Å². The van der Waals surface area contributed by atoms with Crippen molar-refractivity contribution >= 4 is 0 Å². The Balaban J connectivity index is 3.28. The van der Waals surface area contributed by atoms with Gasteiger partial charge in [0.2, 0.25) is 0 Å². The van der Waals surface area contributed by atoms with Crippen LogP contribution in [-0.2, 0) is 20.3 Å². The normalized spacial score (nSPS) is 14.6. The molecule has 0 aliphatic heterocycles. The number of methoxy groups -OCH3 is 2. The van der Waals surface area contributed by atoms with Crippen LogP contribution in [0.15, 0.2) is 12.1 Å². The average molecular weight is 395 g/mol. The number of rotatable bonds is 10. The largest absolute Gasteiger partial charge is 0.493 e. The van der Waals surface area contributed by atoms with Crippen LogP contribution in [0.2, 0.25) is 0 Å². The second-order valence-corrected chi connectivity index (χ2v) is 10.1. The summed E-state index contributed by atoms with van der Waals surface area (Å²) >= 11 is 0. The third-order valence-corrected chi connectivity index (χ3v) is 4.65. The monoisotopic (exact) mass is 394 g/mol. The van der Waals surface area contributed by atoms with Gasteiger partial charge in [-0.25, -0.2) is 0 Å². The Morgan fingerprint density at radius 3 is 1.21 bits per heavy atom. The fourth-order valence-electron chi connectivity index (χ4n) is 3.10. The summed E-state index contributed by atoms with van der Waals surface area (Å²) < 4.78 is 23.1. The van der Waals surface area contributed by atoms with Crippen molar-refractivity contribution in [1.82, 2.24) is 0 Å². The molecule has 0 saturated heterocycles. The van der Waals surface area contributed by atoms with Gasteiger partial charge in [0.05, 0.1) is 26.4 Å². The molecule has 1 rings (SSSR count). The molecule has 1 aromatic carbocycles. The molecule has 2 atom stereocenters. The van der Waals surface area contributed by atoms with Crippen LogP contribution in [0.5, 0.6) is 11.5 Å². The zero-order valence-electron chi connectivity index (χ0n) is 19.8. The summed E-state index contributed by atoms with van der Waals surface area (Å²) in [6, 6.07) is 4.35. The topological polar surface area (TPSA) is 36.9 Å². The van der Waals surface area contributed by atoms with Gasteiger partial charge >= 0.3 is 0 Å². The van der Waals surface area contributed by atoms with E-state index in [1.54, 1.807) is 14.2 Å². The van der Waals surface area contributed by atoms with E-state index in [1.807, 2.05) is 0 Å². The Labute approximate surface area is 172 Å². The summed E-state index contributed by atoms with van der Waals surface area (Å²) in [5.74, 6) is 2.55. The molecule has 4 heteroatoms. The van der Waals surface area contributed by atoms with Crippen molar-refractivity contribution in [1.29, 1.82) is 0 Å². The summed E-state index contributed by atoms with van der Waals surface area (Å²) in [6.07, 6.45) is 0. The number of benzene rings is 1. The van der Waals surface area contributed by atoms with E-state index in [1.165, 1.54) is 11.1 Å². The highest BCUT2D eigenvalue weighted by Crippen LogP contribution is 2.41. The number of hydrogen-bond donors (Lipinski definition) is 0. The summed E-state index contributed by atoms with van der Waals surface area (Å²) in [7, 11) is 3.46. The Morgan fingerprint density at radius 1 is 0.643 bits per heavy atom. The van der Waals surface area contributed by atoms with E-state index in [9.17, 15) is 0 Å². The minimum absolute atomic E-state index is 0.0491. The molecule has 0 spiro atoms. The van der Waals surface area contributed by atoms with Gasteiger partial charge in [0, 0.05) is 37.2 Å². The van der Waals surface area contributed by atoms with E-state index >= 15 is 0 Å². The molecule has 162 valence electrons. The van der Waals surface area contributed by atoms with Gasteiger partial charge in [0.1, 0.15) is 11.5 Å². The van der Waals surface area contributed by atoms with Crippen LogP contribution in [0.1, 0.15) is 66.5 Å². The Morgan fingerprint density at radius 2 is 0.964 bits per heavy atom. The van der Waals surface area contributed by atoms with Crippen molar-refractivity contribution in [2.45, 2.75) is 66.2 Å². The quantitative estimate of drug-likeness (QED) is 0.517. The lowest BCUT2D eigenvalue weighted by molar-refractivity contribution is 0.124. The second kappa shape index (κ2) is 10.5. The lowest BCUT2D eigenvalue weighted by atomic mass is 9.81. The summed E-state index contributed by atoms with van der Waals surface area (Å²) in [5, 5.41) is 0. The van der Waals surface area contributed by atoms with Gasteiger partial charge in [-0.2, -0.15) is 0 Å². The maximum atomic E-state index is 6.28. The van der Waals surface area contributed by atoms with Crippen molar-refractivity contribution in [3.63, 3.8) is 0 Å². The third-order valence-electron chi connectivity index (χ3n) is 4.65. The molecule has 0 fully saturated rings. The van der Waals surface area contributed by atoms with E-state index in [-0.39, 0.29) is 10.8 Å². The molecule has 0 amide bonds. The molecule has 0 N–H and O–H groups in total. The minimum atomic E-state index is -0.0491. The van der Waals surface area contributed by atoms with Crippen LogP contribution in [0.3, 0.4) is 0 Å². The lowest BCUT2D eigenvalue weighted by Gasteiger charge is -2.30. The van der Waals surface area contributed by atoms with Gasteiger partial charge in [-0.1, -0.05) is 55.4 Å². The first-order valence-corrected chi connectivity index (χ1v) is 10.3. The van der Waals surface area contributed by atoms with E-state index in [2.05, 4.69) is 67.5 Å². The predicted molar refractivity (Wildman–Crippen MR) is 117 cm³/mol. The van der Waals surface area contributed by atoms with Gasteiger partial charge in [-0.05, 0) is 23.0 Å². The maximum Gasteiger partial charge on any atom is 0.123 e. The van der Waals surface area contributed by atoms with Gasteiger partial charge in [-0.15, -0.1) is 0 Å². The fraction of sp³-hybridized carbons (Fsp3) is 0.750. The van der Waals surface area contributed by atoms with Crippen molar-refractivity contribution < 1.29 is 18.9 Å². The molecule has 1 aromatic rings. The highest BCUT2D eigenvalue weighted by molar-refractivity contribution is 5.51. The lowest BCUT2D eigenvalue weighted by Crippen LogP contribution is -2.22. The zero-order chi connectivity index (χ0) is 21.5. The van der Waals surface area contributed by atoms with Crippen LogP contribution in [0.4, 0.5) is 0 Å². The van der Waals surface area contributed by atoms with Crippen molar-refractivity contribution in [3.8, 4) is 11.5 Å². The molecule has 28 heavy (non-hydrogen) atoms. The average Bonchev–Trinajstić information content (AvgIpc) is 2.56. The summed E-state index contributed by atoms with van der Waals surface area (Å²) in [5.41, 5.74) is 2.23. The van der Waals surface area contributed by atoms with Gasteiger partial charge in [-0.3, -0.25) is 0 Å². The Hall–Kier alpha value is -1.26. The van der Waals surface area contributed by atoms with Crippen molar-refractivity contribution in [3.05, 3.63) is 23.3 Å². The van der Waals surface area contributed by atoms with E-state index in [0.29, 0.717) is 38.3 Å².